The maximum atomic E-state index is 14.9. The van der Waals surface area contributed by atoms with Gasteiger partial charge in [-0.05, 0) is 38.8 Å². The molecule has 2 atom stereocenters. The number of rotatable bonds is 2. The molecule has 1 aromatic carbocycles. The molecule has 0 aromatic heterocycles. The number of fused-ring (bicyclic) bond motifs is 1. The molecule has 1 nitrogen and oxygen atoms in total. The van der Waals surface area contributed by atoms with E-state index >= 15 is 0 Å². The van der Waals surface area contributed by atoms with Gasteiger partial charge < -0.3 is 0 Å². The van der Waals surface area contributed by atoms with Crippen LogP contribution in [0.25, 0.3) is 5.83 Å². The highest BCUT2D eigenvalue weighted by atomic mass is 19.1. The van der Waals surface area contributed by atoms with E-state index in [4.69, 9.17) is 0 Å². The maximum absolute atomic E-state index is 14.9. The van der Waals surface area contributed by atoms with E-state index in [-0.39, 0.29) is 11.7 Å². The van der Waals surface area contributed by atoms with Gasteiger partial charge in [0, 0.05) is 24.1 Å². The molecule has 0 N–H and O–H groups in total. The summed E-state index contributed by atoms with van der Waals surface area (Å²) in [6, 6.07) is 9.98. The molecule has 0 unspecified atom stereocenters. The Morgan fingerprint density at radius 1 is 1.25 bits per heavy atom. The molecule has 2 fully saturated rings. The van der Waals surface area contributed by atoms with E-state index in [1.54, 1.807) is 0 Å². The highest BCUT2D eigenvalue weighted by molar-refractivity contribution is 5.64. The first-order valence-corrected chi connectivity index (χ1v) is 7.50. The number of nitrogens with zero attached hydrogens (tertiary/aromatic N) is 1. The van der Waals surface area contributed by atoms with Crippen molar-refractivity contribution < 1.29 is 4.39 Å². The molecule has 0 spiro atoms. The van der Waals surface area contributed by atoms with Gasteiger partial charge >= 0.3 is 0 Å². The van der Waals surface area contributed by atoms with Crippen molar-refractivity contribution in [1.29, 1.82) is 0 Å². The van der Waals surface area contributed by atoms with Gasteiger partial charge in [-0.1, -0.05) is 42.0 Å². The van der Waals surface area contributed by atoms with Crippen molar-refractivity contribution in [2.45, 2.75) is 32.7 Å². The lowest BCUT2D eigenvalue weighted by molar-refractivity contribution is 0.307. The highest BCUT2D eigenvalue weighted by Crippen LogP contribution is 2.41. The van der Waals surface area contributed by atoms with Gasteiger partial charge in [0.25, 0.3) is 0 Å². The van der Waals surface area contributed by atoms with Crippen LogP contribution in [0.1, 0.15) is 32.3 Å². The van der Waals surface area contributed by atoms with Gasteiger partial charge in [0.1, 0.15) is 5.83 Å². The largest absolute Gasteiger partial charge is 0.295 e. The second-order valence-corrected chi connectivity index (χ2v) is 6.16. The van der Waals surface area contributed by atoms with Crippen molar-refractivity contribution in [3.8, 4) is 0 Å². The van der Waals surface area contributed by atoms with Crippen LogP contribution in [0.3, 0.4) is 0 Å². The minimum Gasteiger partial charge on any atom is -0.295 e. The first-order valence-electron chi connectivity index (χ1n) is 7.50. The average molecular weight is 271 g/mol. The van der Waals surface area contributed by atoms with Gasteiger partial charge in [0.2, 0.25) is 0 Å². The zero-order valence-electron chi connectivity index (χ0n) is 12.3. The smallest absolute Gasteiger partial charge is 0.131 e. The quantitative estimate of drug-likeness (QED) is 0.719. The third-order valence-corrected chi connectivity index (χ3v) is 4.43. The summed E-state index contributed by atoms with van der Waals surface area (Å²) in [7, 11) is 0. The Morgan fingerprint density at radius 2 is 2.00 bits per heavy atom. The van der Waals surface area contributed by atoms with Crippen molar-refractivity contribution >= 4 is 5.83 Å². The first-order chi connectivity index (χ1) is 9.66. The van der Waals surface area contributed by atoms with E-state index in [1.165, 1.54) is 18.4 Å². The third-order valence-electron chi connectivity index (χ3n) is 4.43. The molecule has 0 saturated carbocycles. The van der Waals surface area contributed by atoms with Gasteiger partial charge in [-0.25, -0.2) is 4.39 Å². The molecular formula is C18H22FN. The van der Waals surface area contributed by atoms with Crippen molar-refractivity contribution in [2.24, 2.45) is 5.92 Å². The lowest BCUT2D eigenvalue weighted by Gasteiger charge is -2.17. The summed E-state index contributed by atoms with van der Waals surface area (Å²) >= 11 is 0. The van der Waals surface area contributed by atoms with Gasteiger partial charge in [-0.15, -0.1) is 0 Å². The van der Waals surface area contributed by atoms with Gasteiger partial charge in [0.05, 0.1) is 0 Å². The minimum absolute atomic E-state index is 0.0116. The Bertz CT molecular complexity index is 540. The van der Waals surface area contributed by atoms with Crippen LogP contribution in [0.4, 0.5) is 4.39 Å². The van der Waals surface area contributed by atoms with E-state index in [9.17, 15) is 4.39 Å². The van der Waals surface area contributed by atoms with Gasteiger partial charge in [-0.3, -0.25) is 4.90 Å². The summed E-state index contributed by atoms with van der Waals surface area (Å²) in [5.41, 5.74) is 2.97. The van der Waals surface area contributed by atoms with E-state index in [2.05, 4.69) is 24.8 Å². The molecule has 2 saturated heterocycles. The number of halogens is 1. The molecule has 2 heteroatoms. The van der Waals surface area contributed by atoms with Crippen LogP contribution in [0.2, 0.25) is 0 Å². The molecule has 2 heterocycles. The third kappa shape index (κ3) is 2.45. The summed E-state index contributed by atoms with van der Waals surface area (Å²) in [4.78, 5) is 2.45. The Kier molecular flexibility index (Phi) is 3.75. The molecule has 1 aromatic rings. The molecular weight excluding hydrogens is 249 g/mol. The molecule has 0 amide bonds. The Balaban J connectivity index is 2.01. The zero-order chi connectivity index (χ0) is 14.1. The summed E-state index contributed by atoms with van der Waals surface area (Å²) in [5, 5.41) is 0. The molecule has 2 aliphatic rings. The molecule has 2 aliphatic heterocycles. The van der Waals surface area contributed by atoms with Gasteiger partial charge in [0.15, 0.2) is 0 Å². The van der Waals surface area contributed by atoms with Crippen LogP contribution < -0.4 is 0 Å². The van der Waals surface area contributed by atoms with E-state index in [0.29, 0.717) is 6.04 Å². The summed E-state index contributed by atoms with van der Waals surface area (Å²) < 4.78 is 14.9. The van der Waals surface area contributed by atoms with Gasteiger partial charge in [-0.2, -0.15) is 0 Å². The Hall–Kier alpha value is -1.41. The van der Waals surface area contributed by atoms with Crippen LogP contribution in [-0.4, -0.2) is 24.0 Å². The second kappa shape index (κ2) is 5.53. The average Bonchev–Trinajstić information content (AvgIpc) is 3.01. The number of hydrogen-bond acceptors (Lipinski definition) is 1. The van der Waals surface area contributed by atoms with Crippen LogP contribution in [-0.2, 0) is 0 Å². The maximum Gasteiger partial charge on any atom is 0.131 e. The number of allylic oxidation sites excluding steroid dienone is 1. The van der Waals surface area contributed by atoms with Crippen molar-refractivity contribution in [3.63, 3.8) is 0 Å². The fourth-order valence-corrected chi connectivity index (χ4v) is 3.57. The fourth-order valence-electron chi connectivity index (χ4n) is 3.57. The SMILES string of the molecule is CC(C)=C[C@H]1/C(=C(/F)c2ccccc2)CN2CCC[C@H]12. The number of benzene rings is 1. The minimum atomic E-state index is -0.0116. The summed E-state index contributed by atoms with van der Waals surface area (Å²) in [6.07, 6.45) is 4.70. The van der Waals surface area contributed by atoms with Crippen LogP contribution in [0.15, 0.2) is 47.6 Å². The second-order valence-electron chi connectivity index (χ2n) is 6.16. The predicted octanol–water partition coefficient (Wildman–Crippen LogP) is 4.43. The monoisotopic (exact) mass is 271 g/mol. The normalized spacial score (nSPS) is 28.4. The predicted molar refractivity (Wildman–Crippen MR) is 82.0 cm³/mol. The number of hydrogen-bond donors (Lipinski definition) is 0. The molecule has 3 rings (SSSR count). The topological polar surface area (TPSA) is 3.24 Å². The first kappa shape index (κ1) is 13.6. The Morgan fingerprint density at radius 3 is 2.70 bits per heavy atom. The summed E-state index contributed by atoms with van der Waals surface area (Å²) in [5.74, 6) is 0.241. The standard InChI is InChI=1S/C18H22FN/c1-13(2)11-15-16(12-20-10-6-9-17(15)20)18(19)14-7-4-3-5-8-14/h3-5,7-8,11,15,17H,6,9-10,12H2,1-2H3/b18-16+/t15-,17+/m0/s1. The summed E-state index contributed by atoms with van der Waals surface area (Å²) in [6.45, 7) is 6.12. The van der Waals surface area contributed by atoms with Crippen LogP contribution >= 0.6 is 0 Å². The lowest BCUT2D eigenvalue weighted by atomic mass is 9.90. The zero-order valence-corrected chi connectivity index (χ0v) is 12.3. The molecule has 106 valence electrons. The van der Waals surface area contributed by atoms with Crippen molar-refractivity contribution in [3.05, 3.63) is 53.1 Å². The van der Waals surface area contributed by atoms with Crippen molar-refractivity contribution in [2.75, 3.05) is 13.1 Å². The van der Waals surface area contributed by atoms with Crippen LogP contribution in [0, 0.1) is 5.92 Å². The molecule has 0 aliphatic carbocycles. The lowest BCUT2D eigenvalue weighted by Crippen LogP contribution is -2.25. The van der Waals surface area contributed by atoms with Crippen LogP contribution in [0.5, 0.6) is 0 Å². The van der Waals surface area contributed by atoms with E-state index in [0.717, 1.165) is 24.2 Å². The highest BCUT2D eigenvalue weighted by Gasteiger charge is 2.40. The molecule has 20 heavy (non-hydrogen) atoms. The Labute approximate surface area is 120 Å². The molecule has 0 bridgehead atoms. The van der Waals surface area contributed by atoms with E-state index in [1.807, 2.05) is 30.3 Å². The van der Waals surface area contributed by atoms with Crippen molar-refractivity contribution in [1.82, 2.24) is 4.90 Å². The van der Waals surface area contributed by atoms with E-state index < -0.39 is 0 Å². The fraction of sp³-hybridized carbons (Fsp3) is 0.444. The molecule has 0 radical (unpaired) electrons.